The van der Waals surface area contributed by atoms with Crippen LogP contribution >= 0.6 is 11.6 Å². The third-order valence-electron chi connectivity index (χ3n) is 3.29. The van der Waals surface area contributed by atoms with E-state index in [1.807, 2.05) is 15.7 Å². The molecule has 1 fully saturated rings. The Morgan fingerprint density at radius 1 is 1.61 bits per heavy atom. The lowest BCUT2D eigenvalue weighted by Gasteiger charge is -2.31. The van der Waals surface area contributed by atoms with Crippen molar-refractivity contribution < 1.29 is 4.79 Å². The molecule has 0 unspecified atom stereocenters. The van der Waals surface area contributed by atoms with Crippen LogP contribution in [0.4, 0.5) is 0 Å². The number of piperidine rings is 1. The zero-order valence-corrected chi connectivity index (χ0v) is 11.5. The standard InChI is InChI=1S/C13H20ClN3O/c1-2-5-16-8-10(14)7-12(16)13(18)17-6-3-4-11(15)9-17/h7-8,11H,2-6,9,15H2,1H3/t11-/m1/s1. The minimum Gasteiger partial charge on any atom is -0.342 e. The first-order chi connectivity index (χ1) is 8.61. The molecule has 1 atom stereocenters. The van der Waals surface area contributed by atoms with E-state index in [4.69, 9.17) is 17.3 Å². The van der Waals surface area contributed by atoms with Crippen LogP contribution in [-0.2, 0) is 6.54 Å². The maximum Gasteiger partial charge on any atom is 0.270 e. The number of carbonyl (C=O) groups is 1. The normalized spacial score (nSPS) is 20.2. The minimum absolute atomic E-state index is 0.0468. The highest BCUT2D eigenvalue weighted by Crippen LogP contribution is 2.18. The highest BCUT2D eigenvalue weighted by molar-refractivity contribution is 6.31. The van der Waals surface area contributed by atoms with Gasteiger partial charge in [-0.05, 0) is 25.3 Å². The fraction of sp³-hybridized carbons (Fsp3) is 0.615. The minimum atomic E-state index is 0.0468. The van der Waals surface area contributed by atoms with Crippen molar-refractivity contribution in [3.8, 4) is 0 Å². The van der Waals surface area contributed by atoms with Gasteiger partial charge in [0.05, 0.1) is 5.02 Å². The first-order valence-electron chi connectivity index (χ1n) is 6.52. The van der Waals surface area contributed by atoms with E-state index in [0.29, 0.717) is 17.3 Å². The number of rotatable bonds is 3. The fourth-order valence-corrected chi connectivity index (χ4v) is 2.66. The van der Waals surface area contributed by atoms with E-state index in [0.717, 1.165) is 32.4 Å². The number of nitrogens with two attached hydrogens (primary N) is 1. The van der Waals surface area contributed by atoms with Crippen molar-refractivity contribution in [2.24, 2.45) is 5.73 Å². The number of carbonyl (C=O) groups excluding carboxylic acids is 1. The summed E-state index contributed by atoms with van der Waals surface area (Å²) in [6.07, 6.45) is 4.78. The second-order valence-corrected chi connectivity index (χ2v) is 5.33. The van der Waals surface area contributed by atoms with E-state index in [-0.39, 0.29) is 11.9 Å². The number of hydrogen-bond acceptors (Lipinski definition) is 2. The van der Waals surface area contributed by atoms with E-state index < -0.39 is 0 Å². The Bertz CT molecular complexity index is 430. The number of aromatic nitrogens is 1. The molecule has 1 aromatic heterocycles. The molecule has 0 spiro atoms. The molecule has 0 saturated carbocycles. The van der Waals surface area contributed by atoms with Crippen LogP contribution in [0.15, 0.2) is 12.3 Å². The van der Waals surface area contributed by atoms with Gasteiger partial charge in [0.15, 0.2) is 0 Å². The van der Waals surface area contributed by atoms with Gasteiger partial charge in [0.2, 0.25) is 0 Å². The molecule has 2 rings (SSSR count). The molecule has 0 radical (unpaired) electrons. The van der Waals surface area contributed by atoms with Crippen LogP contribution in [0.5, 0.6) is 0 Å². The van der Waals surface area contributed by atoms with Crippen LogP contribution in [0, 0.1) is 0 Å². The average molecular weight is 270 g/mol. The van der Waals surface area contributed by atoms with Gasteiger partial charge >= 0.3 is 0 Å². The zero-order chi connectivity index (χ0) is 13.1. The van der Waals surface area contributed by atoms with Crippen molar-refractivity contribution in [1.29, 1.82) is 0 Å². The van der Waals surface area contributed by atoms with Gasteiger partial charge in [-0.3, -0.25) is 4.79 Å². The lowest BCUT2D eigenvalue weighted by atomic mass is 10.1. The van der Waals surface area contributed by atoms with Gasteiger partial charge in [0.25, 0.3) is 5.91 Å². The fourth-order valence-electron chi connectivity index (χ4n) is 2.44. The van der Waals surface area contributed by atoms with E-state index in [1.165, 1.54) is 0 Å². The van der Waals surface area contributed by atoms with Crippen LogP contribution in [0.3, 0.4) is 0 Å². The Morgan fingerprint density at radius 3 is 3.06 bits per heavy atom. The predicted molar refractivity (Wildman–Crippen MR) is 72.8 cm³/mol. The summed E-state index contributed by atoms with van der Waals surface area (Å²) in [5.41, 5.74) is 6.59. The number of likely N-dealkylation sites (tertiary alicyclic amines) is 1. The second kappa shape index (κ2) is 5.76. The molecular formula is C13H20ClN3O. The summed E-state index contributed by atoms with van der Waals surface area (Å²) in [4.78, 5) is 14.3. The third-order valence-corrected chi connectivity index (χ3v) is 3.50. The van der Waals surface area contributed by atoms with Gasteiger partial charge in [-0.15, -0.1) is 0 Å². The second-order valence-electron chi connectivity index (χ2n) is 4.89. The Hall–Kier alpha value is -1.00. The topological polar surface area (TPSA) is 51.3 Å². The van der Waals surface area contributed by atoms with Gasteiger partial charge in [-0.25, -0.2) is 0 Å². The van der Waals surface area contributed by atoms with Gasteiger partial charge in [0.1, 0.15) is 5.69 Å². The van der Waals surface area contributed by atoms with Gasteiger partial charge in [-0.2, -0.15) is 0 Å². The molecule has 1 aliphatic rings. The first-order valence-corrected chi connectivity index (χ1v) is 6.90. The number of amides is 1. The van der Waals surface area contributed by atoms with Gasteiger partial charge in [-0.1, -0.05) is 18.5 Å². The summed E-state index contributed by atoms with van der Waals surface area (Å²) in [7, 11) is 0. The summed E-state index contributed by atoms with van der Waals surface area (Å²) in [6, 6.07) is 1.85. The van der Waals surface area contributed by atoms with Crippen molar-refractivity contribution in [3.63, 3.8) is 0 Å². The van der Waals surface area contributed by atoms with Crippen LogP contribution < -0.4 is 5.73 Å². The molecule has 0 bridgehead atoms. The quantitative estimate of drug-likeness (QED) is 0.914. The Morgan fingerprint density at radius 2 is 2.39 bits per heavy atom. The average Bonchev–Trinajstić information content (AvgIpc) is 2.70. The number of nitrogens with zero attached hydrogens (tertiary/aromatic N) is 2. The van der Waals surface area contributed by atoms with Crippen LogP contribution in [-0.4, -0.2) is 34.5 Å². The molecule has 100 valence electrons. The third kappa shape index (κ3) is 2.87. The molecule has 5 heteroatoms. The van der Waals surface area contributed by atoms with Crippen LogP contribution in [0.1, 0.15) is 36.7 Å². The van der Waals surface area contributed by atoms with E-state index >= 15 is 0 Å². The van der Waals surface area contributed by atoms with Crippen LogP contribution in [0.2, 0.25) is 5.02 Å². The van der Waals surface area contributed by atoms with Crippen molar-refractivity contribution in [2.45, 2.75) is 38.8 Å². The molecular weight excluding hydrogens is 250 g/mol. The van der Waals surface area contributed by atoms with Crippen molar-refractivity contribution in [2.75, 3.05) is 13.1 Å². The number of hydrogen-bond donors (Lipinski definition) is 1. The Labute approximate surface area is 113 Å². The molecule has 1 aromatic rings. The lowest BCUT2D eigenvalue weighted by molar-refractivity contribution is 0.0697. The highest BCUT2D eigenvalue weighted by atomic mass is 35.5. The zero-order valence-electron chi connectivity index (χ0n) is 10.7. The highest BCUT2D eigenvalue weighted by Gasteiger charge is 2.24. The van der Waals surface area contributed by atoms with E-state index in [9.17, 15) is 4.79 Å². The largest absolute Gasteiger partial charge is 0.342 e. The molecule has 2 heterocycles. The number of halogens is 1. The maximum atomic E-state index is 12.4. The van der Waals surface area contributed by atoms with Crippen molar-refractivity contribution >= 4 is 17.5 Å². The van der Waals surface area contributed by atoms with E-state index in [1.54, 1.807) is 6.07 Å². The summed E-state index contributed by atoms with van der Waals surface area (Å²) >= 11 is 6.00. The molecule has 18 heavy (non-hydrogen) atoms. The summed E-state index contributed by atoms with van der Waals surface area (Å²) in [5.74, 6) is 0.0468. The summed E-state index contributed by atoms with van der Waals surface area (Å²) in [6.45, 7) is 4.34. The molecule has 1 aliphatic heterocycles. The molecule has 0 aromatic carbocycles. The molecule has 4 nitrogen and oxygen atoms in total. The predicted octanol–water partition coefficient (Wildman–Crippen LogP) is 2.11. The van der Waals surface area contributed by atoms with Gasteiger partial charge < -0.3 is 15.2 Å². The monoisotopic (exact) mass is 269 g/mol. The molecule has 2 N–H and O–H groups in total. The first kappa shape index (κ1) is 13.4. The van der Waals surface area contributed by atoms with Gasteiger partial charge in [0, 0.05) is 31.9 Å². The van der Waals surface area contributed by atoms with Crippen molar-refractivity contribution in [3.05, 3.63) is 23.0 Å². The Balaban J connectivity index is 2.17. The van der Waals surface area contributed by atoms with E-state index in [2.05, 4.69) is 6.92 Å². The lowest BCUT2D eigenvalue weighted by Crippen LogP contribution is -2.46. The van der Waals surface area contributed by atoms with Crippen LogP contribution in [0.25, 0.3) is 0 Å². The summed E-state index contributed by atoms with van der Waals surface area (Å²) < 4.78 is 1.94. The Kier molecular flexibility index (Phi) is 4.30. The summed E-state index contributed by atoms with van der Waals surface area (Å²) in [5, 5.41) is 0.619. The SMILES string of the molecule is CCCn1cc(Cl)cc1C(=O)N1CCC[C@@H](N)C1. The maximum absolute atomic E-state index is 12.4. The number of aryl methyl sites for hydroxylation is 1. The molecule has 1 saturated heterocycles. The molecule has 1 amide bonds. The van der Waals surface area contributed by atoms with Crippen molar-refractivity contribution in [1.82, 2.24) is 9.47 Å². The smallest absolute Gasteiger partial charge is 0.270 e. The molecule has 0 aliphatic carbocycles.